The molecule has 0 aliphatic carbocycles. The average molecular weight is 209 g/mol. The molecule has 14 heavy (non-hydrogen) atoms. The van der Waals surface area contributed by atoms with Crippen LogP contribution in [0.3, 0.4) is 0 Å². The van der Waals surface area contributed by atoms with Gasteiger partial charge in [0, 0.05) is 12.4 Å². The highest BCUT2D eigenvalue weighted by Gasteiger charge is 1.93. The third kappa shape index (κ3) is 3.49. The highest BCUT2D eigenvalue weighted by molar-refractivity contribution is 8.13. The lowest BCUT2D eigenvalue weighted by Gasteiger charge is -2.00. The summed E-state index contributed by atoms with van der Waals surface area (Å²) < 4.78 is 1.80. The van der Waals surface area contributed by atoms with Gasteiger partial charge in [0.1, 0.15) is 0 Å². The molecule has 6 heteroatoms. The second kappa shape index (κ2) is 6.05. The van der Waals surface area contributed by atoms with E-state index in [1.165, 1.54) is 11.8 Å². The quantitative estimate of drug-likeness (QED) is 0.344. The number of hydrogen-bond acceptors (Lipinski definition) is 4. The molecule has 0 saturated heterocycles. The minimum Gasteiger partial charge on any atom is -0.272 e. The van der Waals surface area contributed by atoms with Crippen molar-refractivity contribution in [2.45, 2.75) is 6.54 Å². The van der Waals surface area contributed by atoms with Gasteiger partial charge in [0.25, 0.3) is 0 Å². The van der Waals surface area contributed by atoms with Crippen molar-refractivity contribution in [1.29, 1.82) is 5.26 Å². The summed E-state index contributed by atoms with van der Waals surface area (Å²) in [6, 6.07) is 1.87. The maximum absolute atomic E-state index is 8.38. The molecule has 0 aliphatic rings. The van der Waals surface area contributed by atoms with E-state index in [4.69, 9.17) is 5.26 Å². The molecule has 0 bridgehead atoms. The average Bonchev–Trinajstić information content (AvgIpc) is 2.69. The summed E-state index contributed by atoms with van der Waals surface area (Å²) in [4.78, 5) is 4.19. The van der Waals surface area contributed by atoms with Crippen molar-refractivity contribution in [3.8, 4) is 6.19 Å². The molecular weight excluding hydrogens is 198 g/mol. The van der Waals surface area contributed by atoms with E-state index in [9.17, 15) is 0 Å². The zero-order valence-electron chi connectivity index (χ0n) is 7.84. The predicted octanol–water partition coefficient (Wildman–Crippen LogP) is 0.673. The Morgan fingerprint density at radius 3 is 3.21 bits per heavy atom. The van der Waals surface area contributed by atoms with Gasteiger partial charge in [-0.3, -0.25) is 15.0 Å². The maximum atomic E-state index is 8.38. The number of nitrogens with one attached hydrogen (secondary N) is 1. The molecule has 0 unspecified atom stereocenters. The molecule has 1 heterocycles. The highest BCUT2D eigenvalue weighted by Crippen LogP contribution is 1.94. The number of aliphatic imine (C=N–C) groups is 1. The Hall–Kier alpha value is -1.48. The monoisotopic (exact) mass is 209 g/mol. The van der Waals surface area contributed by atoms with Crippen LogP contribution >= 0.6 is 11.8 Å². The molecule has 0 radical (unpaired) electrons. The zero-order valence-corrected chi connectivity index (χ0v) is 8.66. The molecule has 0 spiro atoms. The minimum atomic E-state index is 0.618. The Kier molecular flexibility index (Phi) is 4.58. The third-order valence-electron chi connectivity index (χ3n) is 1.50. The summed E-state index contributed by atoms with van der Waals surface area (Å²) >= 11 is 1.42. The molecule has 1 N–H and O–H groups in total. The van der Waals surface area contributed by atoms with Crippen molar-refractivity contribution < 1.29 is 0 Å². The second-order valence-electron chi connectivity index (χ2n) is 2.40. The first-order chi connectivity index (χ1) is 6.86. The third-order valence-corrected chi connectivity index (χ3v) is 2.12. The summed E-state index contributed by atoms with van der Waals surface area (Å²) in [6.07, 6.45) is 7.32. The SMILES string of the molecule is CSC(=NCCn1cccn1)NC#N. The molecule has 74 valence electrons. The van der Waals surface area contributed by atoms with Gasteiger partial charge in [0.05, 0.1) is 13.1 Å². The van der Waals surface area contributed by atoms with Gasteiger partial charge in [-0.25, -0.2) is 0 Å². The normalized spacial score (nSPS) is 11.0. The van der Waals surface area contributed by atoms with Crippen molar-refractivity contribution >= 4 is 16.9 Å². The Morgan fingerprint density at radius 1 is 1.79 bits per heavy atom. The van der Waals surface area contributed by atoms with E-state index in [2.05, 4.69) is 15.4 Å². The number of rotatable bonds is 3. The molecule has 0 saturated carbocycles. The summed E-state index contributed by atoms with van der Waals surface area (Å²) in [5.41, 5.74) is 0. The van der Waals surface area contributed by atoms with Crippen molar-refractivity contribution in [3.63, 3.8) is 0 Å². The zero-order chi connectivity index (χ0) is 10.2. The molecule has 0 aliphatic heterocycles. The van der Waals surface area contributed by atoms with Gasteiger partial charge in [-0.05, 0) is 12.3 Å². The Bertz CT molecular complexity index is 324. The fourth-order valence-electron chi connectivity index (χ4n) is 0.890. The number of thioether (sulfide) groups is 1. The van der Waals surface area contributed by atoms with Crippen LogP contribution in [0, 0.1) is 11.5 Å². The van der Waals surface area contributed by atoms with Crippen LogP contribution in [0.15, 0.2) is 23.5 Å². The van der Waals surface area contributed by atoms with E-state index in [0.717, 1.165) is 6.54 Å². The van der Waals surface area contributed by atoms with Gasteiger partial charge in [-0.1, -0.05) is 11.8 Å². The first-order valence-corrected chi connectivity index (χ1v) is 5.30. The lowest BCUT2D eigenvalue weighted by molar-refractivity contribution is 0.626. The van der Waals surface area contributed by atoms with Crippen LogP contribution in [0.5, 0.6) is 0 Å². The van der Waals surface area contributed by atoms with E-state index in [1.54, 1.807) is 10.9 Å². The van der Waals surface area contributed by atoms with Gasteiger partial charge >= 0.3 is 0 Å². The van der Waals surface area contributed by atoms with E-state index in [0.29, 0.717) is 11.7 Å². The fraction of sp³-hybridized carbons (Fsp3) is 0.375. The smallest absolute Gasteiger partial charge is 0.183 e. The number of aromatic nitrogens is 2. The highest BCUT2D eigenvalue weighted by atomic mass is 32.2. The molecule has 1 aromatic heterocycles. The van der Waals surface area contributed by atoms with E-state index in [-0.39, 0.29) is 0 Å². The van der Waals surface area contributed by atoms with Crippen LogP contribution in [0.4, 0.5) is 0 Å². The van der Waals surface area contributed by atoms with Crippen molar-refractivity contribution in [1.82, 2.24) is 15.1 Å². The number of nitrogens with zero attached hydrogens (tertiary/aromatic N) is 4. The van der Waals surface area contributed by atoms with Crippen LogP contribution in [-0.4, -0.2) is 27.7 Å². The summed E-state index contributed by atoms with van der Waals surface area (Å²) in [5, 5.41) is 15.6. The van der Waals surface area contributed by atoms with Crippen molar-refractivity contribution in [2.24, 2.45) is 4.99 Å². The number of nitriles is 1. The van der Waals surface area contributed by atoms with E-state index < -0.39 is 0 Å². The maximum Gasteiger partial charge on any atom is 0.183 e. The standard InChI is InChI=1S/C8H11N5S/c1-14-8(11-7-9)10-4-6-13-5-2-3-12-13/h2-3,5H,4,6H2,1H3,(H,10,11). The fourth-order valence-corrected chi connectivity index (χ4v) is 1.26. The predicted molar refractivity (Wildman–Crippen MR) is 56.8 cm³/mol. The van der Waals surface area contributed by atoms with E-state index >= 15 is 0 Å². The van der Waals surface area contributed by atoms with Crippen LogP contribution in [0.25, 0.3) is 0 Å². The minimum absolute atomic E-state index is 0.618. The van der Waals surface area contributed by atoms with E-state index in [1.807, 2.05) is 24.7 Å². The van der Waals surface area contributed by atoms with Gasteiger partial charge in [-0.15, -0.1) is 0 Å². The largest absolute Gasteiger partial charge is 0.272 e. The van der Waals surface area contributed by atoms with Gasteiger partial charge in [-0.2, -0.15) is 10.4 Å². The van der Waals surface area contributed by atoms with Crippen molar-refractivity contribution in [2.75, 3.05) is 12.8 Å². The molecule has 0 atom stereocenters. The van der Waals surface area contributed by atoms with Crippen LogP contribution in [-0.2, 0) is 6.54 Å². The first kappa shape index (κ1) is 10.6. The lowest BCUT2D eigenvalue weighted by atomic mass is 10.6. The van der Waals surface area contributed by atoms with Gasteiger partial charge < -0.3 is 0 Å². The second-order valence-corrected chi connectivity index (χ2v) is 3.19. The van der Waals surface area contributed by atoms with Crippen LogP contribution < -0.4 is 5.32 Å². The molecule has 0 fully saturated rings. The van der Waals surface area contributed by atoms with Crippen molar-refractivity contribution in [3.05, 3.63) is 18.5 Å². The topological polar surface area (TPSA) is 66.0 Å². The molecule has 0 aromatic carbocycles. The molecule has 1 aromatic rings. The lowest BCUT2D eigenvalue weighted by Crippen LogP contribution is -2.14. The Morgan fingerprint density at radius 2 is 2.64 bits per heavy atom. The molecule has 0 amide bonds. The number of amidine groups is 1. The van der Waals surface area contributed by atoms with Crippen LogP contribution in [0.2, 0.25) is 0 Å². The first-order valence-electron chi connectivity index (χ1n) is 4.08. The van der Waals surface area contributed by atoms with Gasteiger partial charge in [0.2, 0.25) is 0 Å². The molecular formula is C8H11N5S. The van der Waals surface area contributed by atoms with Crippen LogP contribution in [0.1, 0.15) is 0 Å². The van der Waals surface area contributed by atoms with Gasteiger partial charge in [0.15, 0.2) is 11.4 Å². The summed E-state index contributed by atoms with van der Waals surface area (Å²) in [6.45, 7) is 1.34. The summed E-state index contributed by atoms with van der Waals surface area (Å²) in [5.74, 6) is 0. The Labute approximate surface area is 86.8 Å². The Balaban J connectivity index is 2.35. The molecule has 5 nitrogen and oxygen atoms in total. The molecule has 1 rings (SSSR count). The summed E-state index contributed by atoms with van der Waals surface area (Å²) in [7, 11) is 0. The number of hydrogen-bond donors (Lipinski definition) is 1.